The van der Waals surface area contributed by atoms with Crippen LogP contribution in [0.15, 0.2) is 24.3 Å². The van der Waals surface area contributed by atoms with Gasteiger partial charge in [0, 0.05) is 25.2 Å². The summed E-state index contributed by atoms with van der Waals surface area (Å²) >= 11 is 0. The maximum atomic E-state index is 11.7. The number of nitrogens with zero attached hydrogens (tertiary/aromatic N) is 1. The normalized spacial score (nSPS) is 16.8. The van der Waals surface area contributed by atoms with Crippen molar-refractivity contribution in [1.82, 2.24) is 0 Å². The van der Waals surface area contributed by atoms with Crippen LogP contribution in [0, 0.1) is 0 Å². The summed E-state index contributed by atoms with van der Waals surface area (Å²) in [7, 11) is 0. The van der Waals surface area contributed by atoms with E-state index in [1.165, 1.54) is 24.9 Å². The van der Waals surface area contributed by atoms with Crippen molar-refractivity contribution in [2.45, 2.75) is 38.6 Å². The van der Waals surface area contributed by atoms with Crippen LogP contribution < -0.4 is 10.6 Å². The molecule has 0 spiro atoms. The monoisotopic (exact) mass is 276 g/mol. The summed E-state index contributed by atoms with van der Waals surface area (Å²) in [4.78, 5) is 14.1. The molecule has 1 aromatic carbocycles. The van der Waals surface area contributed by atoms with Crippen molar-refractivity contribution in [3.63, 3.8) is 0 Å². The average molecular weight is 276 g/mol. The summed E-state index contributed by atoms with van der Waals surface area (Å²) in [5, 5.41) is 0. The van der Waals surface area contributed by atoms with Crippen LogP contribution in [-0.2, 0) is 16.0 Å². The largest absolute Gasteiger partial charge is 0.465 e. The standard InChI is InChI=1S/C16H24N2O2/c1-2-20-16(19)14(17)12-13-8-4-5-9-15(13)18-10-6-3-7-11-18/h4-5,8-9,14H,2-3,6-7,10-12,17H2,1H3. The van der Waals surface area contributed by atoms with Gasteiger partial charge in [-0.25, -0.2) is 0 Å². The Bertz CT molecular complexity index is 442. The van der Waals surface area contributed by atoms with E-state index in [4.69, 9.17) is 10.5 Å². The number of benzene rings is 1. The average Bonchev–Trinajstić information content (AvgIpc) is 2.49. The number of hydrogen-bond acceptors (Lipinski definition) is 4. The molecular weight excluding hydrogens is 252 g/mol. The van der Waals surface area contributed by atoms with Crippen molar-refractivity contribution in [2.75, 3.05) is 24.6 Å². The zero-order chi connectivity index (χ0) is 14.4. The molecule has 4 nitrogen and oxygen atoms in total. The SMILES string of the molecule is CCOC(=O)C(N)Cc1ccccc1N1CCCCC1. The molecule has 110 valence electrons. The fourth-order valence-electron chi connectivity index (χ4n) is 2.70. The molecule has 20 heavy (non-hydrogen) atoms. The lowest BCUT2D eigenvalue weighted by Gasteiger charge is -2.31. The Labute approximate surface area is 120 Å². The van der Waals surface area contributed by atoms with E-state index in [1.54, 1.807) is 6.92 Å². The molecule has 1 aliphatic heterocycles. The maximum absolute atomic E-state index is 11.7. The Morgan fingerprint density at radius 2 is 2.00 bits per heavy atom. The van der Waals surface area contributed by atoms with Crippen LogP contribution in [0.4, 0.5) is 5.69 Å². The van der Waals surface area contributed by atoms with Gasteiger partial charge in [-0.15, -0.1) is 0 Å². The fourth-order valence-corrected chi connectivity index (χ4v) is 2.70. The molecule has 0 saturated carbocycles. The molecular formula is C16H24N2O2. The molecule has 1 heterocycles. The second-order valence-corrected chi connectivity index (χ2v) is 5.24. The van der Waals surface area contributed by atoms with Crippen molar-refractivity contribution in [3.8, 4) is 0 Å². The van der Waals surface area contributed by atoms with Gasteiger partial charge >= 0.3 is 5.97 Å². The minimum Gasteiger partial charge on any atom is -0.465 e. The summed E-state index contributed by atoms with van der Waals surface area (Å²) in [5.41, 5.74) is 8.29. The Kier molecular flexibility index (Phi) is 5.41. The van der Waals surface area contributed by atoms with Gasteiger partial charge in [0.2, 0.25) is 0 Å². The first-order valence-corrected chi connectivity index (χ1v) is 7.47. The van der Waals surface area contributed by atoms with Gasteiger partial charge in [-0.2, -0.15) is 0 Å². The first-order valence-electron chi connectivity index (χ1n) is 7.47. The number of ether oxygens (including phenoxy) is 1. The van der Waals surface area contributed by atoms with Crippen molar-refractivity contribution >= 4 is 11.7 Å². The summed E-state index contributed by atoms with van der Waals surface area (Å²) in [6.45, 7) is 4.35. The second kappa shape index (κ2) is 7.29. The third-order valence-electron chi connectivity index (χ3n) is 3.72. The molecule has 2 N–H and O–H groups in total. The second-order valence-electron chi connectivity index (χ2n) is 5.24. The topological polar surface area (TPSA) is 55.6 Å². The molecule has 0 aromatic heterocycles. The van der Waals surface area contributed by atoms with Gasteiger partial charge in [0.25, 0.3) is 0 Å². The Hall–Kier alpha value is -1.55. The van der Waals surface area contributed by atoms with Gasteiger partial charge in [0.05, 0.1) is 6.61 Å². The van der Waals surface area contributed by atoms with Crippen LogP contribution in [-0.4, -0.2) is 31.7 Å². The van der Waals surface area contributed by atoms with Crippen LogP contribution in [0.2, 0.25) is 0 Å². The molecule has 1 aromatic rings. The molecule has 1 atom stereocenters. The summed E-state index contributed by atoms with van der Waals surface area (Å²) in [5.74, 6) is -0.319. The number of carbonyl (C=O) groups excluding carboxylic acids is 1. The van der Waals surface area contributed by atoms with Crippen LogP contribution in [0.25, 0.3) is 0 Å². The summed E-state index contributed by atoms with van der Waals surface area (Å²) in [6, 6.07) is 7.65. The number of nitrogens with two attached hydrogens (primary N) is 1. The zero-order valence-corrected chi connectivity index (χ0v) is 12.2. The van der Waals surface area contributed by atoms with E-state index in [1.807, 2.05) is 12.1 Å². The van der Waals surface area contributed by atoms with Crippen molar-refractivity contribution in [1.29, 1.82) is 0 Å². The number of rotatable bonds is 5. The fraction of sp³-hybridized carbons (Fsp3) is 0.562. The third kappa shape index (κ3) is 3.73. The predicted molar refractivity (Wildman–Crippen MR) is 80.8 cm³/mol. The van der Waals surface area contributed by atoms with Gasteiger partial charge in [-0.3, -0.25) is 4.79 Å². The van der Waals surface area contributed by atoms with Gasteiger partial charge in [0.15, 0.2) is 0 Å². The molecule has 1 saturated heterocycles. The number of piperidine rings is 1. The molecule has 0 amide bonds. The van der Waals surface area contributed by atoms with Crippen LogP contribution >= 0.6 is 0 Å². The smallest absolute Gasteiger partial charge is 0.323 e. The summed E-state index contributed by atoms with van der Waals surface area (Å²) in [6.07, 6.45) is 4.31. The highest BCUT2D eigenvalue weighted by Gasteiger charge is 2.19. The van der Waals surface area contributed by atoms with Crippen LogP contribution in [0.3, 0.4) is 0 Å². The van der Waals surface area contributed by atoms with E-state index in [9.17, 15) is 4.79 Å². The molecule has 2 rings (SSSR count). The highest BCUT2D eigenvalue weighted by Crippen LogP contribution is 2.25. The highest BCUT2D eigenvalue weighted by atomic mass is 16.5. The van der Waals surface area contributed by atoms with E-state index in [0.29, 0.717) is 13.0 Å². The molecule has 0 radical (unpaired) electrons. The lowest BCUT2D eigenvalue weighted by atomic mass is 10.0. The summed E-state index contributed by atoms with van der Waals surface area (Å²) < 4.78 is 4.98. The van der Waals surface area contributed by atoms with Crippen molar-refractivity contribution in [2.24, 2.45) is 5.73 Å². The Morgan fingerprint density at radius 3 is 2.70 bits per heavy atom. The van der Waals surface area contributed by atoms with E-state index < -0.39 is 6.04 Å². The minimum atomic E-state index is -0.583. The predicted octanol–water partition coefficient (Wildman–Crippen LogP) is 2.11. The number of anilines is 1. The molecule has 0 aliphatic carbocycles. The van der Waals surface area contributed by atoms with Gasteiger partial charge in [-0.05, 0) is 37.8 Å². The molecule has 0 bridgehead atoms. The Morgan fingerprint density at radius 1 is 1.30 bits per heavy atom. The van der Waals surface area contributed by atoms with Gasteiger partial charge in [0.1, 0.15) is 6.04 Å². The minimum absolute atomic E-state index is 0.319. The number of hydrogen-bond donors (Lipinski definition) is 1. The lowest BCUT2D eigenvalue weighted by molar-refractivity contribution is -0.144. The molecule has 4 heteroatoms. The number of carbonyl (C=O) groups is 1. The molecule has 1 unspecified atom stereocenters. The maximum Gasteiger partial charge on any atom is 0.323 e. The van der Waals surface area contributed by atoms with E-state index in [2.05, 4.69) is 17.0 Å². The zero-order valence-electron chi connectivity index (χ0n) is 12.2. The van der Waals surface area contributed by atoms with Crippen molar-refractivity contribution < 1.29 is 9.53 Å². The highest BCUT2D eigenvalue weighted by molar-refractivity contribution is 5.76. The van der Waals surface area contributed by atoms with E-state index >= 15 is 0 Å². The number of esters is 1. The quantitative estimate of drug-likeness (QED) is 0.837. The van der Waals surface area contributed by atoms with Crippen LogP contribution in [0.1, 0.15) is 31.7 Å². The van der Waals surface area contributed by atoms with Crippen molar-refractivity contribution in [3.05, 3.63) is 29.8 Å². The molecule has 1 aliphatic rings. The first-order chi connectivity index (χ1) is 9.72. The van der Waals surface area contributed by atoms with E-state index in [-0.39, 0.29) is 5.97 Å². The van der Waals surface area contributed by atoms with Gasteiger partial charge < -0.3 is 15.4 Å². The van der Waals surface area contributed by atoms with Crippen LogP contribution in [0.5, 0.6) is 0 Å². The number of para-hydroxylation sites is 1. The lowest BCUT2D eigenvalue weighted by Crippen LogP contribution is -2.36. The van der Waals surface area contributed by atoms with E-state index in [0.717, 1.165) is 18.7 Å². The first kappa shape index (κ1) is 14.9. The van der Waals surface area contributed by atoms with Gasteiger partial charge in [-0.1, -0.05) is 18.2 Å². The molecule has 1 fully saturated rings. The Balaban J connectivity index is 2.09. The third-order valence-corrected chi connectivity index (χ3v) is 3.72.